The van der Waals surface area contributed by atoms with E-state index in [0.717, 1.165) is 28.6 Å². The molecule has 2 aromatic heterocycles. The number of halogens is 1. The molecule has 0 atom stereocenters. The van der Waals surface area contributed by atoms with Crippen molar-refractivity contribution in [2.75, 3.05) is 13.2 Å². The molecular weight excluding hydrogens is 395 g/mol. The van der Waals surface area contributed by atoms with Crippen LogP contribution < -0.4 is 10.1 Å². The lowest BCUT2D eigenvalue weighted by Crippen LogP contribution is -2.30. The number of nitrogens with zero attached hydrogens (tertiary/aromatic N) is 3. The van der Waals surface area contributed by atoms with Crippen LogP contribution >= 0.6 is 0 Å². The summed E-state index contributed by atoms with van der Waals surface area (Å²) in [5, 5.41) is 8.25. The Labute approximate surface area is 179 Å². The van der Waals surface area contributed by atoms with Crippen molar-refractivity contribution in [1.29, 1.82) is 0 Å². The smallest absolute Gasteiger partial charge is 0.258 e. The molecule has 0 aliphatic carbocycles. The van der Waals surface area contributed by atoms with Gasteiger partial charge in [0.25, 0.3) is 5.91 Å². The van der Waals surface area contributed by atoms with Crippen LogP contribution in [0.15, 0.2) is 60.7 Å². The van der Waals surface area contributed by atoms with Crippen LogP contribution in [0.3, 0.4) is 0 Å². The minimum atomic E-state index is -0.352. The fourth-order valence-corrected chi connectivity index (χ4v) is 3.52. The third-order valence-electron chi connectivity index (χ3n) is 4.97. The van der Waals surface area contributed by atoms with Crippen LogP contribution in [-0.4, -0.2) is 33.8 Å². The van der Waals surface area contributed by atoms with E-state index in [9.17, 15) is 9.18 Å². The van der Waals surface area contributed by atoms with Gasteiger partial charge in [-0.1, -0.05) is 36.4 Å². The topological polar surface area (TPSA) is 69.0 Å². The maximum atomic E-state index is 13.7. The van der Waals surface area contributed by atoms with Crippen LogP contribution in [0.2, 0.25) is 0 Å². The van der Waals surface area contributed by atoms with Crippen molar-refractivity contribution < 1.29 is 13.9 Å². The van der Waals surface area contributed by atoms with Gasteiger partial charge in [0.15, 0.2) is 12.3 Å². The zero-order chi connectivity index (χ0) is 21.8. The fraction of sp³-hybridized carbons (Fsp3) is 0.208. The van der Waals surface area contributed by atoms with Crippen molar-refractivity contribution >= 4 is 16.9 Å². The highest BCUT2D eigenvalue weighted by Crippen LogP contribution is 2.26. The molecule has 31 heavy (non-hydrogen) atoms. The zero-order valence-corrected chi connectivity index (χ0v) is 17.4. The van der Waals surface area contributed by atoms with E-state index in [4.69, 9.17) is 4.74 Å². The van der Waals surface area contributed by atoms with Crippen molar-refractivity contribution in [1.82, 2.24) is 20.1 Å². The number of benzene rings is 2. The largest absolute Gasteiger partial charge is 0.468 e. The summed E-state index contributed by atoms with van der Waals surface area (Å²) in [6, 6.07) is 17.9. The summed E-state index contributed by atoms with van der Waals surface area (Å²) in [6.45, 7) is 4.21. The van der Waals surface area contributed by atoms with Gasteiger partial charge in [-0.2, -0.15) is 10.1 Å². The van der Waals surface area contributed by atoms with E-state index in [-0.39, 0.29) is 18.3 Å². The van der Waals surface area contributed by atoms with Gasteiger partial charge in [-0.15, -0.1) is 0 Å². The molecule has 1 amide bonds. The number of aromatic nitrogens is 3. The van der Waals surface area contributed by atoms with Crippen LogP contribution in [0.5, 0.6) is 5.88 Å². The maximum absolute atomic E-state index is 13.7. The highest BCUT2D eigenvalue weighted by molar-refractivity contribution is 5.84. The second-order valence-corrected chi connectivity index (χ2v) is 7.33. The summed E-state index contributed by atoms with van der Waals surface area (Å²) < 4.78 is 20.9. The van der Waals surface area contributed by atoms with Crippen LogP contribution in [0, 0.1) is 19.7 Å². The number of amides is 1. The van der Waals surface area contributed by atoms with Crippen molar-refractivity contribution in [2.45, 2.75) is 20.3 Å². The highest BCUT2D eigenvalue weighted by atomic mass is 19.1. The first-order valence-electron chi connectivity index (χ1n) is 10.1. The molecule has 7 heteroatoms. The first-order valence-corrected chi connectivity index (χ1v) is 10.1. The van der Waals surface area contributed by atoms with Crippen LogP contribution in [-0.2, 0) is 11.2 Å². The third kappa shape index (κ3) is 4.71. The number of rotatable bonds is 7. The highest BCUT2D eigenvalue weighted by Gasteiger charge is 2.15. The lowest BCUT2D eigenvalue weighted by atomic mass is 10.1. The molecule has 0 saturated carbocycles. The van der Waals surface area contributed by atoms with Gasteiger partial charge in [-0.3, -0.25) is 4.79 Å². The van der Waals surface area contributed by atoms with E-state index < -0.39 is 0 Å². The van der Waals surface area contributed by atoms with Gasteiger partial charge in [-0.05, 0) is 49.6 Å². The summed E-state index contributed by atoms with van der Waals surface area (Å²) in [4.78, 5) is 16.7. The lowest BCUT2D eigenvalue weighted by molar-refractivity contribution is -0.123. The first kappa shape index (κ1) is 20.5. The molecule has 0 spiro atoms. The number of nitrogens with one attached hydrogen (secondary N) is 1. The van der Waals surface area contributed by atoms with Crippen molar-refractivity contribution in [3.05, 3.63) is 83.3 Å². The van der Waals surface area contributed by atoms with Gasteiger partial charge in [-0.25, -0.2) is 9.07 Å². The molecule has 0 unspecified atom stereocenters. The van der Waals surface area contributed by atoms with E-state index in [1.54, 1.807) is 22.9 Å². The van der Waals surface area contributed by atoms with Gasteiger partial charge in [0.1, 0.15) is 5.82 Å². The SMILES string of the molecule is Cc1cc(OCC(=O)NCCc2ccccc2)nc2c1c(C)nn2-c1cccc(F)c1. The Morgan fingerprint density at radius 3 is 2.68 bits per heavy atom. The Bertz CT molecular complexity index is 1220. The average molecular weight is 418 g/mol. The standard InChI is InChI=1S/C24H23FN4O2/c1-16-13-22(31-15-21(30)26-12-11-18-7-4-3-5-8-18)27-24-23(16)17(2)28-29(24)20-10-6-9-19(25)14-20/h3-10,13-14H,11-12,15H2,1-2H3,(H,26,30). The molecule has 0 aliphatic rings. The second kappa shape index (κ2) is 8.95. The first-order chi connectivity index (χ1) is 15.0. The van der Waals surface area contributed by atoms with Crippen molar-refractivity contribution in [3.8, 4) is 11.6 Å². The minimum Gasteiger partial charge on any atom is -0.468 e. The number of fused-ring (bicyclic) bond motifs is 1. The number of carbonyl (C=O) groups is 1. The van der Waals surface area contributed by atoms with Gasteiger partial charge in [0.2, 0.25) is 5.88 Å². The molecule has 2 heterocycles. The summed E-state index contributed by atoms with van der Waals surface area (Å²) in [6.07, 6.45) is 0.752. The molecule has 1 N–H and O–H groups in total. The molecule has 4 aromatic rings. The van der Waals surface area contributed by atoms with Gasteiger partial charge >= 0.3 is 0 Å². The third-order valence-corrected chi connectivity index (χ3v) is 4.97. The predicted octanol–water partition coefficient (Wildman–Crippen LogP) is 3.91. The van der Waals surface area contributed by atoms with Crippen molar-refractivity contribution in [3.63, 3.8) is 0 Å². The number of carbonyl (C=O) groups excluding carboxylic acids is 1. The molecular formula is C24H23FN4O2. The predicted molar refractivity (Wildman–Crippen MR) is 117 cm³/mol. The monoisotopic (exact) mass is 418 g/mol. The van der Waals surface area contributed by atoms with E-state index in [2.05, 4.69) is 15.4 Å². The van der Waals surface area contributed by atoms with Crippen LogP contribution in [0.1, 0.15) is 16.8 Å². The Morgan fingerprint density at radius 1 is 1.10 bits per heavy atom. The molecule has 158 valence electrons. The van der Waals surface area contributed by atoms with E-state index in [1.807, 2.05) is 44.2 Å². The molecule has 6 nitrogen and oxygen atoms in total. The molecule has 0 aliphatic heterocycles. The van der Waals surface area contributed by atoms with Gasteiger partial charge in [0.05, 0.1) is 11.4 Å². The summed E-state index contributed by atoms with van der Waals surface area (Å²) in [5.41, 5.74) is 4.00. The minimum absolute atomic E-state index is 0.139. The Hall–Kier alpha value is -3.74. The van der Waals surface area contributed by atoms with E-state index in [1.165, 1.54) is 12.1 Å². The zero-order valence-electron chi connectivity index (χ0n) is 17.4. The molecule has 4 rings (SSSR count). The summed E-state index contributed by atoms with van der Waals surface area (Å²) in [5.74, 6) is -0.249. The van der Waals surface area contributed by atoms with Crippen LogP contribution in [0.25, 0.3) is 16.7 Å². The molecule has 0 saturated heterocycles. The summed E-state index contributed by atoms with van der Waals surface area (Å²) in [7, 11) is 0. The second-order valence-electron chi connectivity index (χ2n) is 7.33. The number of aryl methyl sites for hydroxylation is 2. The van der Waals surface area contributed by atoms with Crippen LogP contribution in [0.4, 0.5) is 4.39 Å². The Morgan fingerprint density at radius 2 is 1.90 bits per heavy atom. The maximum Gasteiger partial charge on any atom is 0.258 e. The summed E-state index contributed by atoms with van der Waals surface area (Å²) >= 11 is 0. The number of ether oxygens (including phenoxy) is 1. The average Bonchev–Trinajstić information content (AvgIpc) is 3.10. The fourth-order valence-electron chi connectivity index (χ4n) is 3.52. The molecule has 2 aromatic carbocycles. The van der Waals surface area contributed by atoms with E-state index in [0.29, 0.717) is 23.8 Å². The quantitative estimate of drug-likeness (QED) is 0.494. The number of hydrogen-bond donors (Lipinski definition) is 1. The lowest BCUT2D eigenvalue weighted by Gasteiger charge is -2.09. The number of pyridine rings is 1. The van der Waals surface area contributed by atoms with Gasteiger partial charge in [0, 0.05) is 18.0 Å². The Balaban J connectivity index is 1.47. The van der Waals surface area contributed by atoms with E-state index >= 15 is 0 Å². The van der Waals surface area contributed by atoms with Crippen molar-refractivity contribution in [2.24, 2.45) is 0 Å². The number of hydrogen-bond acceptors (Lipinski definition) is 4. The normalized spacial score (nSPS) is 10.9. The Kier molecular flexibility index (Phi) is 5.93. The molecule has 0 fully saturated rings. The van der Waals surface area contributed by atoms with Gasteiger partial charge < -0.3 is 10.1 Å². The molecule has 0 bridgehead atoms. The molecule has 0 radical (unpaired) electrons.